The maximum absolute atomic E-state index is 13.7. The molecule has 0 aliphatic carbocycles. The lowest BCUT2D eigenvalue weighted by atomic mass is 9.91. The summed E-state index contributed by atoms with van der Waals surface area (Å²) in [6, 6.07) is 24.1. The molecule has 3 aromatic carbocycles. The Labute approximate surface area is 212 Å². The summed E-state index contributed by atoms with van der Waals surface area (Å²) in [6.07, 6.45) is 0.755. The van der Waals surface area contributed by atoms with Crippen molar-refractivity contribution in [1.29, 1.82) is 0 Å². The zero-order chi connectivity index (χ0) is 25.1. The zero-order valence-corrected chi connectivity index (χ0v) is 19.9. The van der Waals surface area contributed by atoms with Gasteiger partial charge in [0.15, 0.2) is 0 Å². The van der Waals surface area contributed by atoms with E-state index in [-0.39, 0.29) is 13.0 Å². The number of nitrogens with zero attached hydrogens (tertiary/aromatic N) is 2. The number of halogens is 1. The fraction of sp³-hybridized carbons (Fsp3) is 0.143. The molecule has 2 atom stereocenters. The van der Waals surface area contributed by atoms with Gasteiger partial charge in [-0.15, -0.1) is 0 Å². The second-order valence-corrected chi connectivity index (χ2v) is 8.92. The molecule has 180 valence electrons. The number of benzene rings is 3. The topological polar surface area (TPSA) is 88.6 Å². The third kappa shape index (κ3) is 4.78. The highest BCUT2D eigenvalue weighted by molar-refractivity contribution is 6.30. The number of rotatable bonds is 5. The molecule has 2 heterocycles. The first-order valence-corrected chi connectivity index (χ1v) is 11.8. The Morgan fingerprint density at radius 2 is 1.72 bits per heavy atom. The third-order valence-electron chi connectivity index (χ3n) is 6.18. The van der Waals surface area contributed by atoms with E-state index in [1.54, 1.807) is 36.5 Å². The highest BCUT2D eigenvalue weighted by Gasteiger charge is 2.49. The van der Waals surface area contributed by atoms with Crippen molar-refractivity contribution in [1.82, 2.24) is 9.88 Å². The maximum Gasteiger partial charge on any atom is 0.417 e. The van der Waals surface area contributed by atoms with E-state index in [4.69, 9.17) is 16.3 Å². The standard InChI is InChI=1S/C28H22ClN3O4/c29-21-13-11-19(12-14-21)22-16-24(33)32(28(35)36-17-18-6-2-1-3-7-18)26(22)27(34)31-23-10-4-8-20-9-5-15-30-25(20)23/h1-15,22,26H,16-17H2,(H,31,34)/t22-,26-/m0/s1. The van der Waals surface area contributed by atoms with Gasteiger partial charge in [0.1, 0.15) is 12.6 Å². The zero-order valence-electron chi connectivity index (χ0n) is 19.1. The van der Waals surface area contributed by atoms with Crippen molar-refractivity contribution in [2.24, 2.45) is 0 Å². The molecule has 1 fully saturated rings. The van der Waals surface area contributed by atoms with Gasteiger partial charge < -0.3 is 10.1 Å². The lowest BCUT2D eigenvalue weighted by molar-refractivity contribution is -0.131. The van der Waals surface area contributed by atoms with Crippen LogP contribution in [0.5, 0.6) is 0 Å². The summed E-state index contributed by atoms with van der Waals surface area (Å²) in [5, 5.41) is 4.27. The van der Waals surface area contributed by atoms with E-state index >= 15 is 0 Å². The SMILES string of the molecule is O=C(Nc1cccc2cccnc12)[C@@H]1[C@H](c2ccc(Cl)cc2)CC(=O)N1C(=O)OCc1ccccc1. The largest absolute Gasteiger partial charge is 0.444 e. The number of hydrogen-bond acceptors (Lipinski definition) is 5. The van der Waals surface area contributed by atoms with Crippen LogP contribution in [-0.2, 0) is 20.9 Å². The summed E-state index contributed by atoms with van der Waals surface area (Å²) in [7, 11) is 0. The van der Waals surface area contributed by atoms with Crippen LogP contribution in [0.25, 0.3) is 10.9 Å². The van der Waals surface area contributed by atoms with Gasteiger partial charge in [0, 0.05) is 28.9 Å². The van der Waals surface area contributed by atoms with Crippen LogP contribution < -0.4 is 5.32 Å². The predicted molar refractivity (Wildman–Crippen MR) is 136 cm³/mol. The molecule has 0 saturated carbocycles. The summed E-state index contributed by atoms with van der Waals surface area (Å²) in [5.74, 6) is -1.55. The number of carbonyl (C=O) groups excluding carboxylic acids is 3. The molecular weight excluding hydrogens is 478 g/mol. The molecular formula is C28H22ClN3O4. The molecule has 0 spiro atoms. The van der Waals surface area contributed by atoms with Crippen molar-refractivity contribution < 1.29 is 19.1 Å². The number of likely N-dealkylation sites (tertiary alicyclic amines) is 1. The molecule has 0 unspecified atom stereocenters. The second-order valence-electron chi connectivity index (χ2n) is 8.48. The molecule has 1 aliphatic rings. The van der Waals surface area contributed by atoms with Gasteiger partial charge in [-0.3, -0.25) is 14.6 Å². The van der Waals surface area contributed by atoms with E-state index in [0.717, 1.165) is 21.4 Å². The van der Waals surface area contributed by atoms with Crippen LogP contribution in [0, 0.1) is 0 Å². The average Bonchev–Trinajstić information content (AvgIpc) is 3.25. The molecule has 1 aromatic heterocycles. The number of imide groups is 1. The first-order valence-electron chi connectivity index (χ1n) is 11.4. The number of aromatic nitrogens is 1. The van der Waals surface area contributed by atoms with Crippen LogP contribution in [0.2, 0.25) is 5.02 Å². The summed E-state index contributed by atoms with van der Waals surface area (Å²) >= 11 is 6.05. The Morgan fingerprint density at radius 1 is 0.972 bits per heavy atom. The van der Waals surface area contributed by atoms with E-state index in [1.165, 1.54) is 0 Å². The van der Waals surface area contributed by atoms with E-state index in [9.17, 15) is 14.4 Å². The number of carbonyl (C=O) groups is 3. The number of ether oxygens (including phenoxy) is 1. The summed E-state index contributed by atoms with van der Waals surface area (Å²) in [4.78, 5) is 45.2. The molecule has 7 nitrogen and oxygen atoms in total. The Balaban J connectivity index is 1.46. The molecule has 1 aliphatic heterocycles. The minimum absolute atomic E-state index is 0.0172. The molecule has 0 radical (unpaired) electrons. The van der Waals surface area contributed by atoms with Crippen LogP contribution in [-0.4, -0.2) is 33.8 Å². The fourth-order valence-electron chi connectivity index (χ4n) is 4.46. The van der Waals surface area contributed by atoms with Gasteiger partial charge in [0.25, 0.3) is 0 Å². The average molecular weight is 500 g/mol. The summed E-state index contributed by atoms with van der Waals surface area (Å²) in [6.45, 7) is -0.0172. The van der Waals surface area contributed by atoms with E-state index in [0.29, 0.717) is 16.2 Å². The molecule has 8 heteroatoms. The Morgan fingerprint density at radius 3 is 2.50 bits per heavy atom. The molecule has 3 amide bonds. The number of nitrogens with one attached hydrogen (secondary N) is 1. The van der Waals surface area contributed by atoms with E-state index in [1.807, 2.05) is 54.6 Å². The first kappa shape index (κ1) is 23.5. The number of amides is 3. The van der Waals surface area contributed by atoms with Gasteiger partial charge in [0.2, 0.25) is 11.8 Å². The highest BCUT2D eigenvalue weighted by Crippen LogP contribution is 2.36. The van der Waals surface area contributed by atoms with Gasteiger partial charge in [-0.25, -0.2) is 9.69 Å². The van der Waals surface area contributed by atoms with Crippen molar-refractivity contribution in [3.05, 3.63) is 107 Å². The molecule has 5 rings (SSSR count). The molecule has 4 aromatic rings. The monoisotopic (exact) mass is 499 g/mol. The van der Waals surface area contributed by atoms with Crippen LogP contribution >= 0.6 is 11.6 Å². The normalized spacial score (nSPS) is 17.2. The first-order chi connectivity index (χ1) is 17.5. The number of para-hydroxylation sites is 1. The Kier molecular flexibility index (Phi) is 6.64. The van der Waals surface area contributed by atoms with Gasteiger partial charge in [-0.2, -0.15) is 0 Å². The smallest absolute Gasteiger partial charge is 0.417 e. The number of fused-ring (bicyclic) bond motifs is 1. The van der Waals surface area contributed by atoms with E-state index < -0.39 is 29.9 Å². The molecule has 1 saturated heterocycles. The highest BCUT2D eigenvalue weighted by atomic mass is 35.5. The summed E-state index contributed by atoms with van der Waals surface area (Å²) in [5.41, 5.74) is 2.60. The van der Waals surface area contributed by atoms with E-state index in [2.05, 4.69) is 10.3 Å². The van der Waals surface area contributed by atoms with Crippen molar-refractivity contribution in [3.8, 4) is 0 Å². The van der Waals surface area contributed by atoms with Crippen molar-refractivity contribution in [2.75, 3.05) is 5.32 Å². The number of anilines is 1. The quantitative estimate of drug-likeness (QED) is 0.389. The third-order valence-corrected chi connectivity index (χ3v) is 6.43. The Bertz CT molecular complexity index is 1420. The summed E-state index contributed by atoms with van der Waals surface area (Å²) < 4.78 is 5.44. The maximum atomic E-state index is 13.7. The Hall–Kier alpha value is -4.23. The lowest BCUT2D eigenvalue weighted by Crippen LogP contribution is -2.47. The van der Waals surface area contributed by atoms with Crippen molar-refractivity contribution in [2.45, 2.75) is 25.0 Å². The van der Waals surface area contributed by atoms with Gasteiger partial charge in [-0.05, 0) is 35.4 Å². The minimum Gasteiger partial charge on any atom is -0.444 e. The lowest BCUT2D eigenvalue weighted by Gasteiger charge is -2.26. The van der Waals surface area contributed by atoms with Crippen LogP contribution in [0.15, 0.2) is 91.1 Å². The fourth-order valence-corrected chi connectivity index (χ4v) is 4.59. The van der Waals surface area contributed by atoms with Crippen LogP contribution in [0.4, 0.5) is 10.5 Å². The number of pyridine rings is 1. The number of hydrogen-bond donors (Lipinski definition) is 1. The second kappa shape index (κ2) is 10.2. The van der Waals surface area contributed by atoms with Gasteiger partial charge in [0.05, 0.1) is 11.2 Å². The van der Waals surface area contributed by atoms with Crippen molar-refractivity contribution in [3.63, 3.8) is 0 Å². The van der Waals surface area contributed by atoms with Gasteiger partial charge >= 0.3 is 6.09 Å². The van der Waals surface area contributed by atoms with Gasteiger partial charge in [-0.1, -0.05) is 72.3 Å². The molecule has 36 heavy (non-hydrogen) atoms. The van der Waals surface area contributed by atoms with Crippen molar-refractivity contribution >= 4 is 46.1 Å². The van der Waals surface area contributed by atoms with Crippen LogP contribution in [0.1, 0.15) is 23.5 Å². The molecule has 1 N–H and O–H groups in total. The predicted octanol–water partition coefficient (Wildman–Crippen LogP) is 5.55. The molecule has 0 bridgehead atoms. The van der Waals surface area contributed by atoms with Crippen LogP contribution in [0.3, 0.4) is 0 Å². The minimum atomic E-state index is -1.11.